The molecule has 4 rings (SSSR count). The Hall–Kier alpha value is -1.89. The van der Waals surface area contributed by atoms with Crippen molar-refractivity contribution in [3.8, 4) is 0 Å². The van der Waals surface area contributed by atoms with E-state index in [0.717, 1.165) is 37.8 Å². The number of aryl methyl sites for hydroxylation is 1. The van der Waals surface area contributed by atoms with Gasteiger partial charge in [0.05, 0.1) is 24.8 Å². The van der Waals surface area contributed by atoms with Crippen LogP contribution in [0.1, 0.15) is 57.4 Å². The van der Waals surface area contributed by atoms with E-state index < -0.39 is 5.60 Å². The van der Waals surface area contributed by atoms with Gasteiger partial charge < -0.3 is 14.5 Å². The summed E-state index contributed by atoms with van der Waals surface area (Å²) in [4.78, 5) is 29.5. The van der Waals surface area contributed by atoms with E-state index in [4.69, 9.17) is 4.74 Å². The number of aromatic nitrogens is 2. The molecule has 3 fully saturated rings. The Labute approximate surface area is 167 Å². The lowest BCUT2D eigenvalue weighted by Gasteiger charge is -2.41. The lowest BCUT2D eigenvalue weighted by molar-refractivity contribution is -0.144. The molecule has 1 aromatic rings. The average Bonchev–Trinajstić information content (AvgIpc) is 3.36. The topological polar surface area (TPSA) is 67.7 Å². The van der Waals surface area contributed by atoms with Crippen molar-refractivity contribution in [3.05, 3.63) is 18.0 Å². The SMILES string of the molecule is CCn1cc(CN2CCOC3(CCN(C(=O)C4CCCC4)CC3)CC2=O)cn1. The van der Waals surface area contributed by atoms with Crippen LogP contribution in [0.25, 0.3) is 0 Å². The van der Waals surface area contributed by atoms with Crippen molar-refractivity contribution in [1.29, 1.82) is 0 Å². The highest BCUT2D eigenvalue weighted by molar-refractivity contribution is 5.80. The van der Waals surface area contributed by atoms with Crippen molar-refractivity contribution >= 4 is 11.8 Å². The summed E-state index contributed by atoms with van der Waals surface area (Å²) in [6, 6.07) is 0. The molecule has 154 valence electrons. The first-order valence-electron chi connectivity index (χ1n) is 10.8. The quantitative estimate of drug-likeness (QED) is 0.793. The summed E-state index contributed by atoms with van der Waals surface area (Å²) in [5, 5.41) is 4.30. The largest absolute Gasteiger partial charge is 0.372 e. The van der Waals surface area contributed by atoms with E-state index in [1.807, 2.05) is 26.9 Å². The highest BCUT2D eigenvalue weighted by Crippen LogP contribution is 2.34. The molecule has 7 heteroatoms. The van der Waals surface area contributed by atoms with Crippen LogP contribution in [-0.2, 0) is 27.4 Å². The lowest BCUT2D eigenvalue weighted by Crippen LogP contribution is -2.50. The van der Waals surface area contributed by atoms with Gasteiger partial charge in [0.15, 0.2) is 0 Å². The van der Waals surface area contributed by atoms with Crippen molar-refractivity contribution < 1.29 is 14.3 Å². The first kappa shape index (κ1) is 19.4. The van der Waals surface area contributed by atoms with E-state index in [0.29, 0.717) is 45.1 Å². The molecule has 0 unspecified atom stereocenters. The fourth-order valence-electron chi connectivity index (χ4n) is 4.87. The molecule has 2 aliphatic heterocycles. The zero-order chi connectivity index (χ0) is 19.6. The molecule has 0 aromatic carbocycles. The maximum Gasteiger partial charge on any atom is 0.225 e. The predicted octanol–water partition coefficient (Wildman–Crippen LogP) is 2.20. The molecule has 0 atom stereocenters. The molecular weight excluding hydrogens is 356 g/mol. The second-order valence-electron chi connectivity index (χ2n) is 8.53. The molecule has 1 aliphatic carbocycles. The summed E-state index contributed by atoms with van der Waals surface area (Å²) < 4.78 is 8.11. The van der Waals surface area contributed by atoms with Crippen LogP contribution in [0.15, 0.2) is 12.4 Å². The van der Waals surface area contributed by atoms with Gasteiger partial charge in [-0.15, -0.1) is 0 Å². The maximum atomic E-state index is 12.9. The maximum absolute atomic E-state index is 12.9. The zero-order valence-corrected chi connectivity index (χ0v) is 16.9. The smallest absolute Gasteiger partial charge is 0.225 e. The summed E-state index contributed by atoms with van der Waals surface area (Å²) >= 11 is 0. The van der Waals surface area contributed by atoms with Gasteiger partial charge in [-0.25, -0.2) is 0 Å². The number of piperidine rings is 1. The third-order valence-electron chi connectivity index (χ3n) is 6.67. The second-order valence-corrected chi connectivity index (χ2v) is 8.53. The van der Waals surface area contributed by atoms with Crippen LogP contribution >= 0.6 is 0 Å². The van der Waals surface area contributed by atoms with Gasteiger partial charge in [0.1, 0.15) is 0 Å². The van der Waals surface area contributed by atoms with Crippen molar-refractivity contribution in [3.63, 3.8) is 0 Å². The van der Waals surface area contributed by atoms with Crippen molar-refractivity contribution in [2.75, 3.05) is 26.2 Å². The van der Waals surface area contributed by atoms with E-state index in [1.165, 1.54) is 12.8 Å². The summed E-state index contributed by atoms with van der Waals surface area (Å²) in [5.41, 5.74) is 0.662. The molecular formula is C21H32N4O3. The first-order chi connectivity index (χ1) is 13.6. The third-order valence-corrected chi connectivity index (χ3v) is 6.67. The second kappa shape index (κ2) is 8.23. The number of amides is 2. The Balaban J connectivity index is 1.34. The predicted molar refractivity (Wildman–Crippen MR) is 104 cm³/mol. The van der Waals surface area contributed by atoms with Crippen LogP contribution in [0.5, 0.6) is 0 Å². The van der Waals surface area contributed by atoms with E-state index in [1.54, 1.807) is 0 Å². The molecule has 1 saturated carbocycles. The van der Waals surface area contributed by atoms with E-state index in [-0.39, 0.29) is 11.8 Å². The van der Waals surface area contributed by atoms with Crippen molar-refractivity contribution in [1.82, 2.24) is 19.6 Å². The molecule has 1 aromatic heterocycles. The molecule has 1 spiro atoms. The van der Waals surface area contributed by atoms with E-state index in [2.05, 4.69) is 12.0 Å². The lowest BCUT2D eigenvalue weighted by atomic mass is 9.87. The van der Waals surface area contributed by atoms with E-state index >= 15 is 0 Å². The highest BCUT2D eigenvalue weighted by Gasteiger charge is 2.42. The first-order valence-corrected chi connectivity index (χ1v) is 10.8. The number of nitrogens with zero attached hydrogens (tertiary/aromatic N) is 4. The van der Waals surface area contributed by atoms with Crippen molar-refractivity contribution in [2.24, 2.45) is 5.92 Å². The molecule has 3 aliphatic rings. The molecule has 0 bridgehead atoms. The van der Waals surface area contributed by atoms with E-state index in [9.17, 15) is 9.59 Å². The minimum atomic E-state index is -0.397. The Kier molecular flexibility index (Phi) is 5.71. The van der Waals surface area contributed by atoms with Crippen LogP contribution in [0.3, 0.4) is 0 Å². The minimum Gasteiger partial charge on any atom is -0.372 e. The number of carbonyl (C=O) groups is 2. The fourth-order valence-corrected chi connectivity index (χ4v) is 4.87. The number of carbonyl (C=O) groups excluding carboxylic acids is 2. The summed E-state index contributed by atoms with van der Waals surface area (Å²) in [7, 11) is 0. The number of hydrogen-bond acceptors (Lipinski definition) is 4. The van der Waals surface area contributed by atoms with Gasteiger partial charge in [0, 0.05) is 50.4 Å². The molecule has 3 heterocycles. The van der Waals surface area contributed by atoms with Gasteiger partial charge in [-0.2, -0.15) is 5.10 Å². The van der Waals surface area contributed by atoms with Gasteiger partial charge in [-0.05, 0) is 32.6 Å². The van der Waals surface area contributed by atoms with Crippen LogP contribution in [0, 0.1) is 5.92 Å². The molecule has 2 amide bonds. The van der Waals surface area contributed by atoms with Gasteiger partial charge in [0.25, 0.3) is 0 Å². The van der Waals surface area contributed by atoms with Gasteiger partial charge in [0.2, 0.25) is 11.8 Å². The Morgan fingerprint density at radius 2 is 2.00 bits per heavy atom. The standard InChI is InChI=1S/C21H32N4O3/c1-2-25-16-17(14-22-25)15-24-11-12-28-21(13-19(24)26)7-9-23(10-8-21)20(27)18-5-3-4-6-18/h14,16,18H,2-13,15H2,1H3. The summed E-state index contributed by atoms with van der Waals surface area (Å²) in [6.07, 6.45) is 10.2. The minimum absolute atomic E-state index is 0.150. The zero-order valence-electron chi connectivity index (χ0n) is 16.9. The Morgan fingerprint density at radius 1 is 1.25 bits per heavy atom. The molecule has 0 N–H and O–H groups in total. The third kappa shape index (κ3) is 4.09. The molecule has 7 nitrogen and oxygen atoms in total. The van der Waals surface area contributed by atoms with Gasteiger partial charge in [-0.1, -0.05) is 12.8 Å². The number of likely N-dealkylation sites (tertiary alicyclic amines) is 1. The average molecular weight is 389 g/mol. The molecule has 2 saturated heterocycles. The number of hydrogen-bond donors (Lipinski definition) is 0. The molecule has 28 heavy (non-hydrogen) atoms. The number of ether oxygens (including phenoxy) is 1. The number of rotatable bonds is 4. The normalized spacial score (nSPS) is 23.4. The van der Waals surface area contributed by atoms with Crippen molar-refractivity contribution in [2.45, 2.75) is 70.6 Å². The van der Waals surface area contributed by atoms with Crippen LogP contribution < -0.4 is 0 Å². The summed E-state index contributed by atoms with van der Waals surface area (Å²) in [5.74, 6) is 0.699. The van der Waals surface area contributed by atoms with Gasteiger partial charge in [-0.3, -0.25) is 14.3 Å². The Bertz CT molecular complexity index is 702. The van der Waals surface area contributed by atoms with Crippen LogP contribution in [0.2, 0.25) is 0 Å². The van der Waals surface area contributed by atoms with Crippen LogP contribution in [-0.4, -0.2) is 63.2 Å². The Morgan fingerprint density at radius 3 is 2.68 bits per heavy atom. The molecule has 0 radical (unpaired) electrons. The monoisotopic (exact) mass is 388 g/mol. The fraction of sp³-hybridized carbons (Fsp3) is 0.762. The highest BCUT2D eigenvalue weighted by atomic mass is 16.5. The summed E-state index contributed by atoms with van der Waals surface area (Å²) in [6.45, 7) is 6.07. The van der Waals surface area contributed by atoms with Crippen LogP contribution in [0.4, 0.5) is 0 Å². The van der Waals surface area contributed by atoms with Gasteiger partial charge >= 0.3 is 0 Å².